The lowest BCUT2D eigenvalue weighted by molar-refractivity contribution is -0.137. The largest absolute Gasteiger partial charge is 0.481 e. The highest BCUT2D eigenvalue weighted by Crippen LogP contribution is 2.04. The smallest absolute Gasteiger partial charge is 0.303 e. The molecule has 0 rings (SSSR count). The van der Waals surface area contributed by atoms with Crippen LogP contribution in [0.4, 0.5) is 0 Å². The van der Waals surface area contributed by atoms with Crippen molar-refractivity contribution in [3.8, 4) is 0 Å². The number of hydrogen-bond donors (Lipinski definition) is 3. The molecule has 0 aromatic heterocycles. The van der Waals surface area contributed by atoms with Crippen molar-refractivity contribution in [3.05, 3.63) is 0 Å². The fraction of sp³-hybridized carbons (Fsp3) is 0.818. The maximum Gasteiger partial charge on any atom is 0.303 e. The molecule has 0 aromatic carbocycles. The molecule has 0 aliphatic heterocycles. The van der Waals surface area contributed by atoms with Crippen LogP contribution in [0, 0.1) is 0 Å². The first-order valence-corrected chi connectivity index (χ1v) is 7.93. The van der Waals surface area contributed by atoms with Gasteiger partial charge in [-0.05, 0) is 26.7 Å². The van der Waals surface area contributed by atoms with Crippen LogP contribution in [-0.2, 0) is 19.6 Å². The van der Waals surface area contributed by atoms with Crippen molar-refractivity contribution in [3.63, 3.8) is 0 Å². The second-order valence-electron chi connectivity index (χ2n) is 4.96. The molecule has 0 bridgehead atoms. The maximum atomic E-state index is 11.8. The van der Waals surface area contributed by atoms with E-state index in [9.17, 15) is 18.0 Å². The van der Waals surface area contributed by atoms with E-state index in [0.717, 1.165) is 6.26 Å². The predicted octanol–water partition coefficient (Wildman–Crippen LogP) is 0.0754. The topological polar surface area (TPSA) is 113 Å². The van der Waals surface area contributed by atoms with Crippen LogP contribution in [0.5, 0.6) is 0 Å². The fourth-order valence-electron chi connectivity index (χ4n) is 1.51. The molecule has 0 heterocycles. The summed E-state index contributed by atoms with van der Waals surface area (Å²) in [6.45, 7) is 3.36. The molecule has 0 fully saturated rings. The normalized spacial score (nSPS) is 12.2. The lowest BCUT2D eigenvalue weighted by Crippen LogP contribution is -2.54. The quantitative estimate of drug-likeness (QED) is 0.521. The van der Waals surface area contributed by atoms with Crippen LogP contribution < -0.4 is 10.0 Å². The Hall–Kier alpha value is -1.15. The minimum absolute atomic E-state index is 0.120. The molecule has 1 amide bonds. The zero-order valence-corrected chi connectivity index (χ0v) is 12.3. The summed E-state index contributed by atoms with van der Waals surface area (Å²) in [7, 11) is -3.45. The molecule has 0 aliphatic rings. The van der Waals surface area contributed by atoms with Crippen LogP contribution in [0.15, 0.2) is 0 Å². The van der Waals surface area contributed by atoms with Crippen molar-refractivity contribution in [2.75, 3.05) is 12.8 Å². The average Bonchev–Trinajstić information content (AvgIpc) is 2.18. The molecule has 19 heavy (non-hydrogen) atoms. The lowest BCUT2D eigenvalue weighted by Gasteiger charge is -2.23. The Balaban J connectivity index is 3.94. The van der Waals surface area contributed by atoms with Gasteiger partial charge in [-0.3, -0.25) is 9.59 Å². The Morgan fingerprint density at radius 1 is 1.16 bits per heavy atom. The van der Waals surface area contributed by atoms with E-state index in [1.807, 2.05) is 0 Å². The van der Waals surface area contributed by atoms with Crippen LogP contribution in [0.1, 0.15) is 39.5 Å². The van der Waals surface area contributed by atoms with Gasteiger partial charge in [0, 0.05) is 13.0 Å². The monoisotopic (exact) mass is 294 g/mol. The Morgan fingerprint density at radius 3 is 2.21 bits per heavy atom. The van der Waals surface area contributed by atoms with E-state index in [-0.39, 0.29) is 6.42 Å². The zero-order chi connectivity index (χ0) is 15.1. The Bertz CT molecular complexity index is 417. The third-order valence-corrected chi connectivity index (χ3v) is 3.24. The number of aliphatic carboxylic acids is 1. The molecule has 0 aromatic rings. The zero-order valence-electron chi connectivity index (χ0n) is 11.5. The maximum absolute atomic E-state index is 11.8. The molecule has 7 nitrogen and oxygen atoms in total. The molecule has 0 atom stereocenters. The third-order valence-electron chi connectivity index (χ3n) is 2.36. The number of hydrogen-bond acceptors (Lipinski definition) is 4. The summed E-state index contributed by atoms with van der Waals surface area (Å²) in [5.41, 5.74) is -1.20. The van der Waals surface area contributed by atoms with Crippen LogP contribution >= 0.6 is 0 Å². The van der Waals surface area contributed by atoms with Crippen LogP contribution in [-0.4, -0.2) is 43.7 Å². The molecule has 0 saturated carbocycles. The molecule has 112 valence electrons. The van der Waals surface area contributed by atoms with Gasteiger partial charge < -0.3 is 10.4 Å². The second kappa shape index (κ2) is 7.44. The average molecular weight is 294 g/mol. The molecule has 0 unspecified atom stereocenters. The number of sulfonamides is 1. The number of unbranched alkanes of at least 4 members (excludes halogenated alkanes) is 2. The minimum Gasteiger partial charge on any atom is -0.481 e. The molecular weight excluding hydrogens is 272 g/mol. The first-order chi connectivity index (χ1) is 8.54. The predicted molar refractivity (Wildman–Crippen MR) is 71.2 cm³/mol. The molecule has 8 heteroatoms. The van der Waals surface area contributed by atoms with Gasteiger partial charge in [-0.15, -0.1) is 0 Å². The van der Waals surface area contributed by atoms with Gasteiger partial charge in [0.15, 0.2) is 0 Å². The summed E-state index contributed by atoms with van der Waals surface area (Å²) in [5.74, 6) is -1.24. The summed E-state index contributed by atoms with van der Waals surface area (Å²) >= 11 is 0. The summed E-state index contributed by atoms with van der Waals surface area (Å²) in [6, 6.07) is 0. The van der Waals surface area contributed by atoms with Gasteiger partial charge in [-0.1, -0.05) is 6.42 Å². The molecule has 3 N–H and O–H groups in total. The minimum atomic E-state index is -3.45. The summed E-state index contributed by atoms with van der Waals surface area (Å²) in [5, 5.41) is 11.1. The molecular formula is C11H22N2O5S. The summed E-state index contributed by atoms with van der Waals surface area (Å²) in [6.07, 6.45) is 3.04. The third kappa shape index (κ3) is 9.43. The Morgan fingerprint density at radius 2 is 1.74 bits per heavy atom. The number of carbonyl (C=O) groups excluding carboxylic acids is 1. The van der Waals surface area contributed by atoms with Crippen LogP contribution in [0.25, 0.3) is 0 Å². The number of rotatable bonds is 9. The van der Waals surface area contributed by atoms with Crippen molar-refractivity contribution in [2.45, 2.75) is 45.1 Å². The number of carbonyl (C=O) groups is 2. The van der Waals surface area contributed by atoms with Crippen molar-refractivity contribution in [1.82, 2.24) is 10.0 Å². The van der Waals surface area contributed by atoms with Crippen LogP contribution in [0.3, 0.4) is 0 Å². The van der Waals surface area contributed by atoms with Gasteiger partial charge in [0.05, 0.1) is 6.26 Å². The Kier molecular flexibility index (Phi) is 6.99. The number of amides is 1. The highest BCUT2D eigenvalue weighted by molar-refractivity contribution is 7.88. The molecule has 0 spiro atoms. The standard InChI is InChI=1S/C11H22N2O5S/c1-11(2,13-19(3,17)18)10(16)12-8-6-4-5-7-9(14)15/h13H,4-8H2,1-3H3,(H,12,16)(H,14,15). The van der Waals surface area contributed by atoms with Gasteiger partial charge in [0.1, 0.15) is 5.54 Å². The van der Waals surface area contributed by atoms with Gasteiger partial charge >= 0.3 is 5.97 Å². The molecule has 0 radical (unpaired) electrons. The molecule has 0 aliphatic carbocycles. The van der Waals surface area contributed by atoms with Crippen molar-refractivity contribution in [2.24, 2.45) is 0 Å². The Labute approximate surface area is 113 Å². The van der Waals surface area contributed by atoms with Gasteiger partial charge in [-0.25, -0.2) is 13.1 Å². The highest BCUT2D eigenvalue weighted by Gasteiger charge is 2.30. The number of carboxylic acid groups (broad SMARTS) is 1. The first-order valence-electron chi connectivity index (χ1n) is 6.03. The van der Waals surface area contributed by atoms with Crippen molar-refractivity contribution in [1.29, 1.82) is 0 Å². The molecule has 0 saturated heterocycles. The van der Waals surface area contributed by atoms with E-state index in [0.29, 0.717) is 25.8 Å². The van der Waals surface area contributed by atoms with E-state index < -0.39 is 27.4 Å². The van der Waals surface area contributed by atoms with Crippen molar-refractivity contribution < 1.29 is 23.1 Å². The van der Waals surface area contributed by atoms with E-state index in [4.69, 9.17) is 5.11 Å². The SMILES string of the molecule is CC(C)(NS(C)(=O)=O)C(=O)NCCCCCC(=O)O. The van der Waals surface area contributed by atoms with Gasteiger partial charge in [-0.2, -0.15) is 0 Å². The van der Waals surface area contributed by atoms with Gasteiger partial charge in [0.2, 0.25) is 15.9 Å². The van der Waals surface area contributed by atoms with E-state index >= 15 is 0 Å². The second-order valence-corrected chi connectivity index (χ2v) is 6.71. The van der Waals surface area contributed by atoms with Crippen LogP contribution in [0.2, 0.25) is 0 Å². The van der Waals surface area contributed by atoms with Gasteiger partial charge in [0.25, 0.3) is 0 Å². The number of nitrogens with one attached hydrogen (secondary N) is 2. The summed E-state index contributed by atoms with van der Waals surface area (Å²) < 4.78 is 24.4. The number of carboxylic acids is 1. The van der Waals surface area contributed by atoms with E-state index in [1.165, 1.54) is 13.8 Å². The summed E-state index contributed by atoms with van der Waals surface area (Å²) in [4.78, 5) is 22.0. The fourth-order valence-corrected chi connectivity index (χ4v) is 2.53. The van der Waals surface area contributed by atoms with E-state index in [2.05, 4.69) is 10.0 Å². The lowest BCUT2D eigenvalue weighted by atomic mass is 10.1. The van der Waals surface area contributed by atoms with Crippen molar-refractivity contribution >= 4 is 21.9 Å². The van der Waals surface area contributed by atoms with E-state index in [1.54, 1.807) is 0 Å². The highest BCUT2D eigenvalue weighted by atomic mass is 32.2. The first kappa shape index (κ1) is 17.8.